The Hall–Kier alpha value is -1.30. The SMILES string of the molecule is c1ccc2c3ccc(c2c1)CCCCCCCCCCCCCC3. The van der Waals surface area contributed by atoms with Gasteiger partial charge in [-0.05, 0) is 47.6 Å². The maximum Gasteiger partial charge on any atom is -0.0149 e. The predicted molar refractivity (Wildman–Crippen MR) is 107 cm³/mol. The summed E-state index contributed by atoms with van der Waals surface area (Å²) < 4.78 is 0. The van der Waals surface area contributed by atoms with Crippen LogP contribution in [-0.2, 0) is 12.8 Å². The number of hydrogen-bond donors (Lipinski definition) is 0. The van der Waals surface area contributed by atoms with Crippen LogP contribution >= 0.6 is 0 Å². The molecule has 0 heteroatoms. The first-order chi connectivity index (χ1) is 11.9. The second-order valence-electron chi connectivity index (χ2n) is 7.67. The maximum atomic E-state index is 2.42. The fraction of sp³-hybridized carbons (Fsp3) is 0.583. The Kier molecular flexibility index (Phi) is 7.20. The van der Waals surface area contributed by atoms with E-state index in [-0.39, 0.29) is 0 Å². The minimum atomic E-state index is 1.25. The van der Waals surface area contributed by atoms with Crippen molar-refractivity contribution in [1.29, 1.82) is 0 Å². The molecule has 0 saturated heterocycles. The van der Waals surface area contributed by atoms with Crippen molar-refractivity contribution in [2.75, 3.05) is 0 Å². The zero-order chi connectivity index (χ0) is 16.5. The van der Waals surface area contributed by atoms with Crippen LogP contribution < -0.4 is 0 Å². The van der Waals surface area contributed by atoms with Gasteiger partial charge < -0.3 is 0 Å². The molecule has 3 rings (SSSR count). The van der Waals surface area contributed by atoms with Gasteiger partial charge in [0, 0.05) is 0 Å². The molecule has 2 bridgehead atoms. The van der Waals surface area contributed by atoms with Gasteiger partial charge in [0.1, 0.15) is 0 Å². The molecule has 0 unspecified atom stereocenters. The van der Waals surface area contributed by atoms with E-state index in [4.69, 9.17) is 0 Å². The molecule has 1 aliphatic rings. The first kappa shape index (κ1) is 17.5. The summed E-state index contributed by atoms with van der Waals surface area (Å²) in [6.07, 6.45) is 19.6. The van der Waals surface area contributed by atoms with Gasteiger partial charge in [0.15, 0.2) is 0 Å². The fourth-order valence-electron chi connectivity index (χ4n) is 4.26. The molecule has 2 aromatic carbocycles. The molecule has 0 N–H and O–H groups in total. The summed E-state index contributed by atoms with van der Waals surface area (Å²) in [7, 11) is 0. The number of fused-ring (bicyclic) bond motifs is 6. The van der Waals surface area contributed by atoms with Crippen LogP contribution in [0.5, 0.6) is 0 Å². The van der Waals surface area contributed by atoms with Crippen LogP contribution in [-0.4, -0.2) is 0 Å². The zero-order valence-corrected chi connectivity index (χ0v) is 15.4. The highest BCUT2D eigenvalue weighted by molar-refractivity contribution is 5.88. The van der Waals surface area contributed by atoms with Crippen molar-refractivity contribution in [2.24, 2.45) is 0 Å². The molecule has 0 heterocycles. The van der Waals surface area contributed by atoms with Crippen LogP contribution in [0, 0.1) is 0 Å². The number of aryl methyl sites for hydroxylation is 2. The highest BCUT2D eigenvalue weighted by Crippen LogP contribution is 2.26. The molecule has 0 spiro atoms. The van der Waals surface area contributed by atoms with Crippen molar-refractivity contribution in [2.45, 2.75) is 89.9 Å². The smallest absolute Gasteiger partial charge is 0.0149 e. The molecule has 0 amide bonds. The predicted octanol–water partition coefficient (Wildman–Crippen LogP) is 7.62. The van der Waals surface area contributed by atoms with Gasteiger partial charge in [-0.1, -0.05) is 101 Å². The monoisotopic (exact) mass is 322 g/mol. The summed E-state index contributed by atoms with van der Waals surface area (Å²) in [6, 6.07) is 13.9. The van der Waals surface area contributed by atoms with Crippen LogP contribution in [0.2, 0.25) is 0 Å². The Bertz CT molecular complexity index is 556. The Balaban J connectivity index is 1.72. The topological polar surface area (TPSA) is 0 Å². The average molecular weight is 323 g/mol. The van der Waals surface area contributed by atoms with E-state index in [2.05, 4.69) is 36.4 Å². The highest BCUT2D eigenvalue weighted by atomic mass is 14.1. The molecule has 2 aromatic rings. The molecule has 130 valence electrons. The van der Waals surface area contributed by atoms with Crippen molar-refractivity contribution < 1.29 is 0 Å². The van der Waals surface area contributed by atoms with Gasteiger partial charge in [0.05, 0.1) is 0 Å². The lowest BCUT2D eigenvalue weighted by Crippen LogP contribution is -1.94. The van der Waals surface area contributed by atoms with Gasteiger partial charge in [0.2, 0.25) is 0 Å². The third kappa shape index (κ3) is 5.10. The molecule has 24 heavy (non-hydrogen) atoms. The summed E-state index contributed by atoms with van der Waals surface area (Å²) >= 11 is 0. The molecule has 0 nitrogen and oxygen atoms in total. The number of hydrogen-bond acceptors (Lipinski definition) is 0. The third-order valence-corrected chi connectivity index (χ3v) is 5.75. The molecule has 0 fully saturated rings. The summed E-state index contributed by atoms with van der Waals surface area (Å²) in [4.78, 5) is 0. The van der Waals surface area contributed by atoms with E-state index in [0.29, 0.717) is 0 Å². The average Bonchev–Trinajstić information content (AvgIpc) is 2.62. The Morgan fingerprint density at radius 3 is 1.08 bits per heavy atom. The number of benzene rings is 2. The van der Waals surface area contributed by atoms with E-state index in [1.54, 1.807) is 11.1 Å². The lowest BCUT2D eigenvalue weighted by atomic mass is 9.93. The van der Waals surface area contributed by atoms with E-state index in [1.807, 2.05) is 0 Å². The van der Waals surface area contributed by atoms with Crippen LogP contribution in [0.1, 0.15) is 88.2 Å². The third-order valence-electron chi connectivity index (χ3n) is 5.75. The van der Waals surface area contributed by atoms with E-state index >= 15 is 0 Å². The zero-order valence-electron chi connectivity index (χ0n) is 15.4. The lowest BCUT2D eigenvalue weighted by molar-refractivity contribution is 0.540. The van der Waals surface area contributed by atoms with Crippen molar-refractivity contribution in [3.63, 3.8) is 0 Å². The highest BCUT2D eigenvalue weighted by Gasteiger charge is 2.06. The normalized spacial score (nSPS) is 19.0. The second-order valence-corrected chi connectivity index (χ2v) is 7.67. The standard InChI is InChI=1S/C24H34/c1-2-4-6-8-10-12-16-22-20-19-21(15-11-9-7-5-3-1)23-17-13-14-18-24(22)23/h13-14,17-20H,1-12,15-16H2. The van der Waals surface area contributed by atoms with Crippen molar-refractivity contribution >= 4 is 10.8 Å². The minimum Gasteiger partial charge on any atom is -0.0616 e. The second kappa shape index (κ2) is 9.87. The Labute approximate surface area is 148 Å². The van der Waals surface area contributed by atoms with Gasteiger partial charge in [-0.2, -0.15) is 0 Å². The molecule has 1 aliphatic carbocycles. The molecule has 0 saturated carbocycles. The summed E-state index contributed by atoms with van der Waals surface area (Å²) in [5.41, 5.74) is 3.13. The van der Waals surface area contributed by atoms with E-state index in [9.17, 15) is 0 Å². The quantitative estimate of drug-likeness (QED) is 0.468. The van der Waals surface area contributed by atoms with Crippen molar-refractivity contribution in [3.8, 4) is 0 Å². The molecule has 0 radical (unpaired) electrons. The fourth-order valence-corrected chi connectivity index (χ4v) is 4.26. The van der Waals surface area contributed by atoms with E-state index in [0.717, 1.165) is 0 Å². The van der Waals surface area contributed by atoms with Crippen molar-refractivity contribution in [3.05, 3.63) is 47.5 Å². The van der Waals surface area contributed by atoms with E-state index < -0.39 is 0 Å². The Morgan fingerprint density at radius 1 is 0.375 bits per heavy atom. The van der Waals surface area contributed by atoms with Crippen molar-refractivity contribution in [1.82, 2.24) is 0 Å². The number of rotatable bonds is 0. The minimum absolute atomic E-state index is 1.25. The molecule has 0 aliphatic heterocycles. The summed E-state index contributed by atoms with van der Waals surface area (Å²) in [5, 5.41) is 3.02. The van der Waals surface area contributed by atoms with Gasteiger partial charge in [-0.3, -0.25) is 0 Å². The van der Waals surface area contributed by atoms with Gasteiger partial charge >= 0.3 is 0 Å². The largest absolute Gasteiger partial charge is 0.0616 e. The van der Waals surface area contributed by atoms with Crippen LogP contribution in [0.4, 0.5) is 0 Å². The summed E-state index contributed by atoms with van der Waals surface area (Å²) in [5.74, 6) is 0. The Morgan fingerprint density at radius 2 is 0.708 bits per heavy atom. The molecular formula is C24H34. The first-order valence-electron chi connectivity index (χ1n) is 10.4. The van der Waals surface area contributed by atoms with Gasteiger partial charge in [0.25, 0.3) is 0 Å². The maximum absolute atomic E-state index is 2.42. The molecular weight excluding hydrogens is 288 g/mol. The molecule has 0 atom stereocenters. The molecule has 0 aromatic heterocycles. The van der Waals surface area contributed by atoms with Crippen LogP contribution in [0.3, 0.4) is 0 Å². The van der Waals surface area contributed by atoms with Gasteiger partial charge in [-0.25, -0.2) is 0 Å². The summed E-state index contributed by atoms with van der Waals surface area (Å²) in [6.45, 7) is 0. The van der Waals surface area contributed by atoms with E-state index in [1.165, 1.54) is 101 Å². The van der Waals surface area contributed by atoms with Gasteiger partial charge in [-0.15, -0.1) is 0 Å². The van der Waals surface area contributed by atoms with Crippen LogP contribution in [0.25, 0.3) is 10.8 Å². The lowest BCUT2D eigenvalue weighted by Gasteiger charge is -2.12. The first-order valence-corrected chi connectivity index (χ1v) is 10.4. The van der Waals surface area contributed by atoms with Crippen LogP contribution in [0.15, 0.2) is 36.4 Å².